The fraction of sp³-hybridized carbons (Fsp3) is 0.812. The van der Waals surface area contributed by atoms with Crippen LogP contribution in [0.2, 0.25) is 0 Å². The van der Waals surface area contributed by atoms with E-state index in [0.29, 0.717) is 6.42 Å². The first-order valence-electron chi connectivity index (χ1n) is 7.64. The van der Waals surface area contributed by atoms with Gasteiger partial charge in [-0.05, 0) is 25.7 Å². The molecule has 0 unspecified atom stereocenters. The third-order valence-electron chi connectivity index (χ3n) is 3.13. The molecule has 0 heterocycles. The molecule has 0 aromatic rings. The number of carboxylic acids is 1. The zero-order chi connectivity index (χ0) is 13.5. The van der Waals surface area contributed by atoms with E-state index in [1.807, 2.05) is 0 Å². The molecule has 106 valence electrons. The smallest absolute Gasteiger partial charge is 0.303 e. The van der Waals surface area contributed by atoms with Crippen molar-refractivity contribution in [2.45, 2.75) is 84.0 Å². The van der Waals surface area contributed by atoms with Crippen LogP contribution in [0.4, 0.5) is 0 Å². The summed E-state index contributed by atoms with van der Waals surface area (Å²) in [6.07, 6.45) is 18.3. The highest BCUT2D eigenvalue weighted by Gasteiger charge is 1.96. The van der Waals surface area contributed by atoms with Crippen LogP contribution in [0.3, 0.4) is 0 Å². The summed E-state index contributed by atoms with van der Waals surface area (Å²) in [6, 6.07) is 0. The minimum absolute atomic E-state index is 0.337. The van der Waals surface area contributed by atoms with Gasteiger partial charge in [-0.15, -0.1) is 0 Å². The Morgan fingerprint density at radius 1 is 0.833 bits per heavy atom. The SMILES string of the molecule is CCC/C=C\CCCCCCCCCCC(=O)O. The lowest BCUT2D eigenvalue weighted by atomic mass is 10.1. The molecule has 0 atom stereocenters. The molecule has 0 rings (SSSR count). The summed E-state index contributed by atoms with van der Waals surface area (Å²) in [4.78, 5) is 10.3. The fourth-order valence-electron chi connectivity index (χ4n) is 2.00. The van der Waals surface area contributed by atoms with Gasteiger partial charge in [-0.25, -0.2) is 0 Å². The quantitative estimate of drug-likeness (QED) is 0.356. The van der Waals surface area contributed by atoms with Crippen molar-refractivity contribution in [2.24, 2.45) is 0 Å². The third-order valence-corrected chi connectivity index (χ3v) is 3.13. The first kappa shape index (κ1) is 17.2. The van der Waals surface area contributed by atoms with E-state index in [4.69, 9.17) is 5.11 Å². The Labute approximate surface area is 112 Å². The topological polar surface area (TPSA) is 37.3 Å². The molecule has 0 spiro atoms. The zero-order valence-corrected chi connectivity index (χ0v) is 12.0. The number of hydrogen-bond acceptors (Lipinski definition) is 1. The van der Waals surface area contributed by atoms with Crippen LogP contribution in [0.1, 0.15) is 84.0 Å². The van der Waals surface area contributed by atoms with Crippen LogP contribution >= 0.6 is 0 Å². The van der Waals surface area contributed by atoms with E-state index < -0.39 is 5.97 Å². The van der Waals surface area contributed by atoms with Gasteiger partial charge in [0.25, 0.3) is 0 Å². The van der Waals surface area contributed by atoms with E-state index in [-0.39, 0.29) is 0 Å². The summed E-state index contributed by atoms with van der Waals surface area (Å²) in [5.41, 5.74) is 0. The molecule has 0 aromatic carbocycles. The average molecular weight is 254 g/mol. The van der Waals surface area contributed by atoms with E-state index in [9.17, 15) is 4.79 Å². The van der Waals surface area contributed by atoms with Crippen LogP contribution in [0, 0.1) is 0 Å². The van der Waals surface area contributed by atoms with Crippen molar-refractivity contribution in [1.82, 2.24) is 0 Å². The van der Waals surface area contributed by atoms with Crippen LogP contribution in [0.5, 0.6) is 0 Å². The van der Waals surface area contributed by atoms with Crippen molar-refractivity contribution in [2.75, 3.05) is 0 Å². The number of aliphatic carboxylic acids is 1. The van der Waals surface area contributed by atoms with Crippen molar-refractivity contribution < 1.29 is 9.90 Å². The second-order valence-corrected chi connectivity index (χ2v) is 5.02. The predicted molar refractivity (Wildman–Crippen MR) is 77.9 cm³/mol. The second kappa shape index (κ2) is 14.3. The van der Waals surface area contributed by atoms with Crippen molar-refractivity contribution in [3.05, 3.63) is 12.2 Å². The van der Waals surface area contributed by atoms with Crippen molar-refractivity contribution in [3.63, 3.8) is 0 Å². The Hall–Kier alpha value is -0.790. The minimum atomic E-state index is -0.661. The zero-order valence-electron chi connectivity index (χ0n) is 12.0. The molecule has 18 heavy (non-hydrogen) atoms. The molecule has 0 fully saturated rings. The molecule has 0 radical (unpaired) electrons. The van der Waals surface area contributed by atoms with E-state index >= 15 is 0 Å². The first-order valence-corrected chi connectivity index (χ1v) is 7.64. The molecule has 0 saturated heterocycles. The molecule has 0 amide bonds. The average Bonchev–Trinajstić information content (AvgIpc) is 2.34. The first-order chi connectivity index (χ1) is 8.77. The van der Waals surface area contributed by atoms with Gasteiger partial charge in [0, 0.05) is 6.42 Å². The second-order valence-electron chi connectivity index (χ2n) is 5.02. The largest absolute Gasteiger partial charge is 0.481 e. The molecule has 0 aliphatic carbocycles. The minimum Gasteiger partial charge on any atom is -0.481 e. The van der Waals surface area contributed by atoms with Crippen LogP contribution < -0.4 is 0 Å². The summed E-state index contributed by atoms with van der Waals surface area (Å²) in [6.45, 7) is 2.21. The Morgan fingerprint density at radius 2 is 1.33 bits per heavy atom. The van der Waals surface area contributed by atoms with Gasteiger partial charge in [-0.2, -0.15) is 0 Å². The summed E-state index contributed by atoms with van der Waals surface area (Å²) in [5, 5.41) is 8.49. The van der Waals surface area contributed by atoms with Gasteiger partial charge in [-0.3, -0.25) is 4.79 Å². The maximum absolute atomic E-state index is 10.3. The fourth-order valence-corrected chi connectivity index (χ4v) is 2.00. The van der Waals surface area contributed by atoms with Gasteiger partial charge in [0.05, 0.1) is 0 Å². The number of allylic oxidation sites excluding steroid dienone is 2. The number of carbonyl (C=O) groups is 1. The Morgan fingerprint density at radius 3 is 1.89 bits per heavy atom. The summed E-state index contributed by atoms with van der Waals surface area (Å²) in [5.74, 6) is -0.661. The number of carboxylic acid groups (broad SMARTS) is 1. The Balaban J connectivity index is 3.01. The summed E-state index contributed by atoms with van der Waals surface area (Å²) in [7, 11) is 0. The summed E-state index contributed by atoms with van der Waals surface area (Å²) < 4.78 is 0. The van der Waals surface area contributed by atoms with E-state index in [2.05, 4.69) is 19.1 Å². The highest BCUT2D eigenvalue weighted by Crippen LogP contribution is 2.10. The van der Waals surface area contributed by atoms with Crippen LogP contribution in [-0.2, 0) is 4.79 Å². The highest BCUT2D eigenvalue weighted by molar-refractivity contribution is 5.66. The molecular weight excluding hydrogens is 224 g/mol. The molecule has 0 bridgehead atoms. The molecule has 2 heteroatoms. The molecule has 1 N–H and O–H groups in total. The maximum Gasteiger partial charge on any atom is 0.303 e. The normalized spacial score (nSPS) is 11.2. The molecule has 0 saturated carbocycles. The van der Waals surface area contributed by atoms with Gasteiger partial charge in [0.1, 0.15) is 0 Å². The van der Waals surface area contributed by atoms with Crippen molar-refractivity contribution >= 4 is 5.97 Å². The van der Waals surface area contributed by atoms with Gasteiger partial charge in [0.2, 0.25) is 0 Å². The Bertz CT molecular complexity index is 209. The van der Waals surface area contributed by atoms with Crippen LogP contribution in [0.15, 0.2) is 12.2 Å². The number of unbranched alkanes of at least 4 members (excludes halogenated alkanes) is 9. The van der Waals surface area contributed by atoms with Crippen molar-refractivity contribution in [1.29, 1.82) is 0 Å². The molecule has 0 aromatic heterocycles. The lowest BCUT2D eigenvalue weighted by molar-refractivity contribution is -0.137. The lowest BCUT2D eigenvalue weighted by Crippen LogP contribution is -1.93. The molecule has 0 aliphatic heterocycles. The molecule has 0 aliphatic rings. The monoisotopic (exact) mass is 254 g/mol. The van der Waals surface area contributed by atoms with E-state index in [1.165, 1.54) is 57.8 Å². The number of rotatable bonds is 13. The van der Waals surface area contributed by atoms with Gasteiger partial charge < -0.3 is 5.11 Å². The highest BCUT2D eigenvalue weighted by atomic mass is 16.4. The van der Waals surface area contributed by atoms with Gasteiger partial charge in [0.15, 0.2) is 0 Å². The van der Waals surface area contributed by atoms with Crippen LogP contribution in [-0.4, -0.2) is 11.1 Å². The number of hydrogen-bond donors (Lipinski definition) is 1. The van der Waals surface area contributed by atoms with Crippen molar-refractivity contribution in [3.8, 4) is 0 Å². The maximum atomic E-state index is 10.3. The van der Waals surface area contributed by atoms with Gasteiger partial charge in [-0.1, -0.05) is 64.0 Å². The van der Waals surface area contributed by atoms with Crippen LogP contribution in [0.25, 0.3) is 0 Å². The predicted octanol–water partition coefficient (Wildman–Crippen LogP) is 5.33. The standard InChI is InChI=1S/C16H30O2/c1-2-3-4-5-6-7-8-9-10-11-12-13-14-15-16(17)18/h4-5H,2-3,6-15H2,1H3,(H,17,18)/b5-4-. The summed E-state index contributed by atoms with van der Waals surface area (Å²) >= 11 is 0. The third kappa shape index (κ3) is 15.2. The Kier molecular flexibility index (Phi) is 13.6. The lowest BCUT2D eigenvalue weighted by Gasteiger charge is -2.00. The van der Waals surface area contributed by atoms with Gasteiger partial charge >= 0.3 is 5.97 Å². The molecule has 2 nitrogen and oxygen atoms in total. The van der Waals surface area contributed by atoms with E-state index in [0.717, 1.165) is 12.8 Å². The molecular formula is C16H30O2. The van der Waals surface area contributed by atoms with E-state index in [1.54, 1.807) is 0 Å².